The fraction of sp³-hybridized carbons (Fsp3) is 0.214. The summed E-state index contributed by atoms with van der Waals surface area (Å²) in [5.41, 5.74) is 1.23. The van der Waals surface area contributed by atoms with Crippen molar-refractivity contribution in [3.63, 3.8) is 0 Å². The first-order valence-electron chi connectivity index (χ1n) is 11.5. The molecule has 7 nitrogen and oxygen atoms in total. The molecule has 184 valence electrons. The molecule has 4 rings (SSSR count). The Morgan fingerprint density at radius 2 is 1.69 bits per heavy atom. The zero-order valence-corrected chi connectivity index (χ0v) is 21.0. The van der Waals surface area contributed by atoms with Crippen molar-refractivity contribution < 1.29 is 4.79 Å². The van der Waals surface area contributed by atoms with Crippen molar-refractivity contribution in [2.45, 2.75) is 33.4 Å². The molecule has 1 unspecified atom stereocenters. The average Bonchev–Trinajstić information content (AvgIpc) is 2.86. The lowest BCUT2D eigenvalue weighted by atomic mass is 9.82. The fourth-order valence-electron chi connectivity index (χ4n) is 4.06. The van der Waals surface area contributed by atoms with Gasteiger partial charge in [0.2, 0.25) is 0 Å². The lowest BCUT2D eigenvalue weighted by molar-refractivity contribution is 0.0907. The number of carbonyl (C=O) groups is 1. The number of benzene rings is 2. The Morgan fingerprint density at radius 3 is 2.39 bits per heavy atom. The summed E-state index contributed by atoms with van der Waals surface area (Å²) in [6, 6.07) is 20.5. The first-order valence-corrected chi connectivity index (χ1v) is 11.9. The Kier molecular flexibility index (Phi) is 7.22. The molecular formula is C28H27ClN4O3. The number of halogens is 1. The van der Waals surface area contributed by atoms with E-state index in [1.807, 2.05) is 63.2 Å². The largest absolute Gasteiger partial charge is 0.360 e. The molecular weight excluding hydrogens is 476 g/mol. The summed E-state index contributed by atoms with van der Waals surface area (Å²) in [5, 5.41) is 9.27. The highest BCUT2D eigenvalue weighted by Crippen LogP contribution is 2.31. The van der Waals surface area contributed by atoms with Crippen molar-refractivity contribution >= 4 is 34.6 Å². The maximum atomic E-state index is 13.2. The average molecular weight is 503 g/mol. The number of aryl methyl sites for hydroxylation is 1. The van der Waals surface area contributed by atoms with Crippen LogP contribution in [-0.4, -0.2) is 17.1 Å². The van der Waals surface area contributed by atoms with Gasteiger partial charge in [-0.05, 0) is 43.2 Å². The summed E-state index contributed by atoms with van der Waals surface area (Å²) >= 11 is 6.13. The van der Waals surface area contributed by atoms with Crippen LogP contribution in [0, 0.1) is 12.3 Å². The highest BCUT2D eigenvalue weighted by Gasteiger charge is 2.34. The third-order valence-corrected chi connectivity index (χ3v) is 6.36. The molecule has 0 saturated carbocycles. The number of carbonyl (C=O) groups excluding carboxylic acids is 1. The van der Waals surface area contributed by atoms with Crippen molar-refractivity contribution in [2.24, 2.45) is 5.41 Å². The first-order chi connectivity index (χ1) is 17.2. The maximum Gasteiger partial charge on any atom is 0.253 e. The summed E-state index contributed by atoms with van der Waals surface area (Å²) in [6.07, 6.45) is 1.45. The zero-order valence-electron chi connectivity index (χ0n) is 20.3. The molecule has 3 N–H and O–H groups in total. The molecule has 0 saturated heterocycles. The minimum absolute atomic E-state index is 0.0835. The molecule has 0 spiro atoms. The van der Waals surface area contributed by atoms with Gasteiger partial charge in [-0.1, -0.05) is 73.5 Å². The van der Waals surface area contributed by atoms with Gasteiger partial charge in [0.05, 0.1) is 5.69 Å². The first kappa shape index (κ1) is 25.1. The Labute approximate surface area is 214 Å². The minimum atomic E-state index is -0.682. The molecule has 0 aliphatic rings. The van der Waals surface area contributed by atoms with E-state index in [1.54, 1.807) is 24.3 Å². The van der Waals surface area contributed by atoms with Crippen LogP contribution in [0.2, 0.25) is 5.15 Å². The van der Waals surface area contributed by atoms with Crippen LogP contribution >= 0.6 is 11.6 Å². The molecule has 1 heterocycles. The van der Waals surface area contributed by atoms with E-state index in [-0.39, 0.29) is 22.4 Å². The van der Waals surface area contributed by atoms with Crippen molar-refractivity contribution in [2.75, 3.05) is 10.6 Å². The van der Waals surface area contributed by atoms with E-state index >= 15 is 0 Å². The second-order valence-corrected chi connectivity index (χ2v) is 9.80. The lowest BCUT2D eigenvalue weighted by Crippen LogP contribution is -2.53. The standard InChI is InChI=1S/C28H27ClN4O3/c1-17-9-7-12-19(15-17)26(36)33-27(28(2,3)16-18-10-5-4-6-11-18)32-22-21(23(34)24(22)35)31-20-13-8-14-30-25(20)29/h4-15,27,31-32H,16H2,1-3H3,(H,33,36). The van der Waals surface area contributed by atoms with Gasteiger partial charge in [0, 0.05) is 17.2 Å². The van der Waals surface area contributed by atoms with E-state index in [0.717, 1.165) is 11.1 Å². The molecule has 0 aliphatic carbocycles. The Morgan fingerprint density at radius 1 is 0.972 bits per heavy atom. The van der Waals surface area contributed by atoms with Gasteiger partial charge in [-0.25, -0.2) is 4.98 Å². The van der Waals surface area contributed by atoms with Gasteiger partial charge in [0.25, 0.3) is 16.8 Å². The number of aromatic nitrogens is 1. The number of hydrogen-bond acceptors (Lipinski definition) is 6. The molecule has 3 aromatic carbocycles. The monoisotopic (exact) mass is 502 g/mol. The van der Waals surface area contributed by atoms with Crippen LogP contribution in [0.15, 0.2) is 82.5 Å². The van der Waals surface area contributed by atoms with Crippen LogP contribution in [0.3, 0.4) is 0 Å². The summed E-state index contributed by atoms with van der Waals surface area (Å²) < 4.78 is 0. The van der Waals surface area contributed by atoms with E-state index in [4.69, 9.17) is 11.6 Å². The quantitative estimate of drug-likeness (QED) is 0.172. The number of anilines is 3. The van der Waals surface area contributed by atoms with E-state index in [1.165, 1.54) is 6.20 Å². The molecule has 1 amide bonds. The van der Waals surface area contributed by atoms with Gasteiger partial charge in [-0.3, -0.25) is 14.4 Å². The molecule has 0 aliphatic heterocycles. The fourth-order valence-corrected chi connectivity index (χ4v) is 4.23. The van der Waals surface area contributed by atoms with Crippen molar-refractivity contribution in [1.29, 1.82) is 0 Å². The predicted octanol–water partition coefficient (Wildman–Crippen LogP) is 4.82. The molecule has 8 heteroatoms. The third-order valence-electron chi connectivity index (χ3n) is 6.06. The molecule has 0 radical (unpaired) electrons. The maximum absolute atomic E-state index is 13.2. The van der Waals surface area contributed by atoms with Gasteiger partial charge in [0.15, 0.2) is 5.15 Å². The summed E-state index contributed by atoms with van der Waals surface area (Å²) in [5.74, 6) is -0.291. The number of rotatable bonds is 9. The SMILES string of the molecule is Cc1cccc(C(=O)NC(Nc2c(Nc3cccnc3Cl)c(=O)c2=O)C(C)(C)Cc2ccccc2)c1. The molecule has 4 aromatic rings. The van der Waals surface area contributed by atoms with Crippen molar-refractivity contribution in [3.05, 3.63) is 115 Å². The van der Waals surface area contributed by atoms with E-state index in [9.17, 15) is 14.4 Å². The zero-order chi connectivity index (χ0) is 25.9. The predicted molar refractivity (Wildman–Crippen MR) is 144 cm³/mol. The lowest BCUT2D eigenvalue weighted by Gasteiger charge is -2.37. The number of hydrogen-bond donors (Lipinski definition) is 3. The van der Waals surface area contributed by atoms with Crippen LogP contribution in [0.25, 0.3) is 0 Å². The second kappa shape index (κ2) is 10.3. The van der Waals surface area contributed by atoms with Gasteiger partial charge < -0.3 is 16.0 Å². The van der Waals surface area contributed by atoms with Crippen LogP contribution < -0.4 is 26.8 Å². The number of amides is 1. The molecule has 1 atom stereocenters. The topological polar surface area (TPSA) is 100 Å². The van der Waals surface area contributed by atoms with Crippen LogP contribution in [-0.2, 0) is 6.42 Å². The molecule has 1 aromatic heterocycles. The normalized spacial score (nSPS) is 12.2. The van der Waals surface area contributed by atoms with Crippen LogP contribution in [0.1, 0.15) is 35.3 Å². The minimum Gasteiger partial charge on any atom is -0.360 e. The van der Waals surface area contributed by atoms with Crippen LogP contribution in [0.4, 0.5) is 17.1 Å². The summed E-state index contributed by atoms with van der Waals surface area (Å²) in [4.78, 5) is 42.2. The van der Waals surface area contributed by atoms with Gasteiger partial charge in [-0.15, -0.1) is 0 Å². The Balaban J connectivity index is 1.66. The molecule has 0 bridgehead atoms. The number of nitrogens with zero attached hydrogens (tertiary/aromatic N) is 1. The highest BCUT2D eigenvalue weighted by molar-refractivity contribution is 6.32. The van der Waals surface area contributed by atoms with E-state index in [2.05, 4.69) is 20.9 Å². The van der Waals surface area contributed by atoms with E-state index in [0.29, 0.717) is 17.7 Å². The molecule has 36 heavy (non-hydrogen) atoms. The van der Waals surface area contributed by atoms with E-state index < -0.39 is 22.4 Å². The van der Waals surface area contributed by atoms with Gasteiger partial charge >= 0.3 is 0 Å². The summed E-state index contributed by atoms with van der Waals surface area (Å²) in [7, 11) is 0. The summed E-state index contributed by atoms with van der Waals surface area (Å²) in [6.45, 7) is 5.90. The van der Waals surface area contributed by atoms with Crippen molar-refractivity contribution in [1.82, 2.24) is 10.3 Å². The Hall–Kier alpha value is -3.97. The van der Waals surface area contributed by atoms with Crippen molar-refractivity contribution in [3.8, 4) is 0 Å². The van der Waals surface area contributed by atoms with Crippen LogP contribution in [0.5, 0.6) is 0 Å². The third kappa shape index (κ3) is 5.47. The highest BCUT2D eigenvalue weighted by atomic mass is 35.5. The van der Waals surface area contributed by atoms with Gasteiger partial charge in [0.1, 0.15) is 17.5 Å². The molecule has 0 fully saturated rings. The van der Waals surface area contributed by atoms with Gasteiger partial charge in [-0.2, -0.15) is 0 Å². The Bertz CT molecular complexity index is 1460. The number of pyridine rings is 1. The second-order valence-electron chi connectivity index (χ2n) is 9.45. The number of nitrogens with one attached hydrogen (secondary N) is 3. The smallest absolute Gasteiger partial charge is 0.253 e.